The van der Waals surface area contributed by atoms with E-state index in [2.05, 4.69) is 20.0 Å². The van der Waals surface area contributed by atoms with E-state index in [0.29, 0.717) is 31.0 Å². The summed E-state index contributed by atoms with van der Waals surface area (Å²) >= 11 is 0. The van der Waals surface area contributed by atoms with Gasteiger partial charge in [0.15, 0.2) is 0 Å². The summed E-state index contributed by atoms with van der Waals surface area (Å²) in [5.74, 6) is 1.35. The predicted octanol–water partition coefficient (Wildman–Crippen LogP) is 3.03. The van der Waals surface area contributed by atoms with Gasteiger partial charge in [-0.1, -0.05) is 12.1 Å². The van der Waals surface area contributed by atoms with Gasteiger partial charge in [-0.3, -0.25) is 0 Å². The molecule has 1 saturated heterocycles. The highest BCUT2D eigenvalue weighted by Gasteiger charge is 2.31. The SMILES string of the molecule is Cc1cc(N2CCOC(c3ccc(C(F)(F)F)cc3)C2)n2ncnc2n1. The average Bonchev–Trinajstić information content (AvgIpc) is 3.09. The minimum atomic E-state index is -4.34. The number of fused-ring (bicyclic) bond motifs is 1. The maximum Gasteiger partial charge on any atom is 0.416 e. The number of hydrogen-bond acceptors (Lipinski definition) is 5. The van der Waals surface area contributed by atoms with Gasteiger partial charge >= 0.3 is 6.18 Å². The Labute approximate surface area is 147 Å². The third-order valence-electron chi connectivity index (χ3n) is 4.36. The molecule has 0 aliphatic carbocycles. The van der Waals surface area contributed by atoms with Crippen LogP contribution in [0.2, 0.25) is 0 Å². The van der Waals surface area contributed by atoms with Gasteiger partial charge < -0.3 is 9.64 Å². The van der Waals surface area contributed by atoms with Crippen LogP contribution in [-0.4, -0.2) is 39.3 Å². The fourth-order valence-corrected chi connectivity index (χ4v) is 3.08. The van der Waals surface area contributed by atoms with E-state index in [9.17, 15) is 13.2 Å². The summed E-state index contributed by atoms with van der Waals surface area (Å²) in [6.45, 7) is 3.49. The molecule has 9 heteroatoms. The number of anilines is 1. The molecule has 1 aliphatic rings. The van der Waals surface area contributed by atoms with Crippen molar-refractivity contribution < 1.29 is 17.9 Å². The predicted molar refractivity (Wildman–Crippen MR) is 87.9 cm³/mol. The molecule has 3 heterocycles. The molecule has 26 heavy (non-hydrogen) atoms. The molecule has 6 nitrogen and oxygen atoms in total. The maximum atomic E-state index is 12.7. The lowest BCUT2D eigenvalue weighted by Crippen LogP contribution is -2.39. The van der Waals surface area contributed by atoms with Gasteiger partial charge in [-0.25, -0.2) is 4.98 Å². The van der Waals surface area contributed by atoms with Gasteiger partial charge in [-0.15, -0.1) is 0 Å². The molecule has 0 saturated carbocycles. The summed E-state index contributed by atoms with van der Waals surface area (Å²) in [5, 5.41) is 4.21. The van der Waals surface area contributed by atoms with Crippen LogP contribution >= 0.6 is 0 Å². The van der Waals surface area contributed by atoms with E-state index in [1.54, 1.807) is 4.52 Å². The van der Waals surface area contributed by atoms with E-state index in [-0.39, 0.29) is 6.10 Å². The molecule has 0 spiro atoms. The van der Waals surface area contributed by atoms with Crippen LogP contribution in [0.4, 0.5) is 19.0 Å². The first-order chi connectivity index (χ1) is 12.4. The number of aryl methyl sites for hydroxylation is 1. The Bertz CT molecular complexity index is 922. The number of hydrogen-bond donors (Lipinski definition) is 0. The van der Waals surface area contributed by atoms with E-state index in [1.807, 2.05) is 13.0 Å². The van der Waals surface area contributed by atoms with Crippen molar-refractivity contribution in [3.8, 4) is 0 Å². The Morgan fingerprint density at radius 1 is 1.19 bits per heavy atom. The van der Waals surface area contributed by atoms with Crippen molar-refractivity contribution in [3.63, 3.8) is 0 Å². The number of aromatic nitrogens is 4. The summed E-state index contributed by atoms with van der Waals surface area (Å²) in [7, 11) is 0. The lowest BCUT2D eigenvalue weighted by molar-refractivity contribution is -0.137. The first-order valence-electron chi connectivity index (χ1n) is 8.13. The van der Waals surface area contributed by atoms with Crippen LogP contribution in [0.3, 0.4) is 0 Å². The van der Waals surface area contributed by atoms with Crippen molar-refractivity contribution in [3.05, 3.63) is 53.5 Å². The first-order valence-corrected chi connectivity index (χ1v) is 8.13. The van der Waals surface area contributed by atoms with Crippen molar-refractivity contribution in [1.29, 1.82) is 0 Å². The largest absolute Gasteiger partial charge is 0.416 e. The van der Waals surface area contributed by atoms with E-state index in [1.165, 1.54) is 18.5 Å². The Morgan fingerprint density at radius 3 is 2.69 bits per heavy atom. The zero-order valence-corrected chi connectivity index (χ0v) is 13.9. The van der Waals surface area contributed by atoms with Gasteiger partial charge in [0.1, 0.15) is 18.2 Å². The number of nitrogens with zero attached hydrogens (tertiary/aromatic N) is 5. The normalized spacial score (nSPS) is 18.5. The molecule has 0 bridgehead atoms. The number of ether oxygens (including phenoxy) is 1. The second-order valence-electron chi connectivity index (χ2n) is 6.15. The third-order valence-corrected chi connectivity index (χ3v) is 4.36. The fraction of sp³-hybridized carbons (Fsp3) is 0.353. The van der Waals surface area contributed by atoms with E-state index in [0.717, 1.165) is 23.6 Å². The lowest BCUT2D eigenvalue weighted by Gasteiger charge is -2.34. The minimum Gasteiger partial charge on any atom is -0.370 e. The van der Waals surface area contributed by atoms with Crippen molar-refractivity contribution in [2.24, 2.45) is 0 Å². The van der Waals surface area contributed by atoms with Gasteiger partial charge in [0, 0.05) is 24.8 Å². The fourth-order valence-electron chi connectivity index (χ4n) is 3.08. The van der Waals surface area contributed by atoms with Crippen LogP contribution in [0.15, 0.2) is 36.7 Å². The van der Waals surface area contributed by atoms with Crippen molar-refractivity contribution in [2.75, 3.05) is 24.6 Å². The van der Waals surface area contributed by atoms with Gasteiger partial charge in [0.05, 0.1) is 12.2 Å². The summed E-state index contributed by atoms with van der Waals surface area (Å²) in [6.07, 6.45) is -3.22. The molecule has 0 radical (unpaired) electrons. The van der Waals surface area contributed by atoms with E-state index in [4.69, 9.17) is 4.74 Å². The second kappa shape index (κ2) is 6.24. The van der Waals surface area contributed by atoms with Crippen molar-refractivity contribution >= 4 is 11.6 Å². The quantitative estimate of drug-likeness (QED) is 0.701. The molecule has 1 aliphatic heterocycles. The number of rotatable bonds is 2. The van der Waals surface area contributed by atoms with Gasteiger partial charge in [-0.2, -0.15) is 27.8 Å². The Kier molecular flexibility index (Phi) is 4.03. The Morgan fingerprint density at radius 2 is 1.96 bits per heavy atom. The van der Waals surface area contributed by atoms with Crippen LogP contribution in [0, 0.1) is 6.92 Å². The number of halogens is 3. The van der Waals surface area contributed by atoms with Crippen molar-refractivity contribution in [2.45, 2.75) is 19.2 Å². The molecular weight excluding hydrogens is 347 g/mol. The molecular formula is C17H16F3N5O. The third kappa shape index (κ3) is 3.10. The molecule has 4 rings (SSSR count). The van der Waals surface area contributed by atoms with Crippen LogP contribution in [-0.2, 0) is 10.9 Å². The smallest absolute Gasteiger partial charge is 0.370 e. The molecule has 1 unspecified atom stereocenters. The highest BCUT2D eigenvalue weighted by Crippen LogP contribution is 2.32. The monoisotopic (exact) mass is 363 g/mol. The molecule has 0 amide bonds. The number of morpholine rings is 1. The van der Waals surface area contributed by atoms with Crippen LogP contribution in [0.1, 0.15) is 22.9 Å². The number of alkyl halides is 3. The summed E-state index contributed by atoms with van der Waals surface area (Å²) < 4.78 is 45.7. The zero-order chi connectivity index (χ0) is 18.3. The van der Waals surface area contributed by atoms with Gasteiger partial charge in [-0.05, 0) is 24.6 Å². The Hall–Kier alpha value is -2.68. The minimum absolute atomic E-state index is 0.321. The van der Waals surface area contributed by atoms with Crippen LogP contribution < -0.4 is 4.90 Å². The molecule has 2 aromatic heterocycles. The molecule has 1 atom stereocenters. The lowest BCUT2D eigenvalue weighted by atomic mass is 10.1. The standard InChI is InChI=1S/C17H16F3N5O/c1-11-8-15(25-16(23-11)21-10-22-25)24-6-7-26-14(9-24)12-2-4-13(5-3-12)17(18,19)20/h2-5,8,10,14H,6-7,9H2,1H3. The van der Waals surface area contributed by atoms with E-state index >= 15 is 0 Å². The molecule has 1 fully saturated rings. The van der Waals surface area contributed by atoms with Crippen molar-refractivity contribution in [1.82, 2.24) is 19.6 Å². The summed E-state index contributed by atoms with van der Waals surface area (Å²) in [4.78, 5) is 10.5. The van der Waals surface area contributed by atoms with Gasteiger partial charge in [0.25, 0.3) is 5.78 Å². The van der Waals surface area contributed by atoms with Gasteiger partial charge in [0.2, 0.25) is 0 Å². The maximum absolute atomic E-state index is 12.7. The van der Waals surface area contributed by atoms with Crippen LogP contribution in [0.25, 0.3) is 5.78 Å². The molecule has 1 aromatic carbocycles. The number of benzene rings is 1. The highest BCUT2D eigenvalue weighted by molar-refractivity contribution is 5.48. The first kappa shape index (κ1) is 16.8. The second-order valence-corrected chi connectivity index (χ2v) is 6.15. The summed E-state index contributed by atoms with van der Waals surface area (Å²) in [6, 6.07) is 7.03. The highest BCUT2D eigenvalue weighted by atomic mass is 19.4. The summed E-state index contributed by atoms with van der Waals surface area (Å²) in [5.41, 5.74) is 0.865. The molecule has 136 valence electrons. The van der Waals surface area contributed by atoms with E-state index < -0.39 is 11.7 Å². The zero-order valence-electron chi connectivity index (χ0n) is 13.9. The molecule has 0 N–H and O–H groups in total. The molecule has 3 aromatic rings. The topological polar surface area (TPSA) is 55.6 Å². The average molecular weight is 363 g/mol. The van der Waals surface area contributed by atoms with Crippen LogP contribution in [0.5, 0.6) is 0 Å². The Balaban J connectivity index is 1.60.